The quantitative estimate of drug-likeness (QED) is 0.227. The van der Waals surface area contributed by atoms with E-state index in [1.54, 1.807) is 66.7 Å². The molecule has 0 aromatic heterocycles. The highest BCUT2D eigenvalue weighted by atomic mass is 79.9. The molecule has 0 aliphatic carbocycles. The minimum atomic E-state index is -0.599. The third-order valence-corrected chi connectivity index (χ3v) is 4.79. The molecule has 0 saturated carbocycles. The molecule has 3 aromatic carbocycles. The Morgan fingerprint density at radius 3 is 2.63 bits per heavy atom. The summed E-state index contributed by atoms with van der Waals surface area (Å²) < 4.78 is 11.3. The zero-order chi connectivity index (χ0) is 21.5. The number of hydrogen-bond acceptors (Lipinski definition) is 5. The minimum Gasteiger partial charge on any atom is -0.497 e. The Hall–Kier alpha value is -3.16. The van der Waals surface area contributed by atoms with Gasteiger partial charge in [-0.3, -0.25) is 4.79 Å². The summed E-state index contributed by atoms with van der Waals surface area (Å²) in [5, 5.41) is 4.26. The number of nitrogens with one attached hydrogen (secondary N) is 1. The van der Waals surface area contributed by atoms with Crippen LogP contribution in [0, 0.1) is 0 Å². The van der Waals surface area contributed by atoms with Crippen LogP contribution in [0.15, 0.2) is 76.3 Å². The molecular weight excluding hydrogens is 472 g/mol. The van der Waals surface area contributed by atoms with Crippen molar-refractivity contribution in [2.24, 2.45) is 5.10 Å². The second-order valence-corrected chi connectivity index (χ2v) is 7.31. The van der Waals surface area contributed by atoms with E-state index < -0.39 is 11.9 Å². The standard InChI is InChI=1S/C22H16BrClN2O4/c1-29-17-6-4-5-14(12-17)21(27)26-25-13-15-11-16(23)9-10-20(15)30-22(28)18-7-2-3-8-19(18)24/h2-13H,1H3,(H,26,27)/b25-13-. The second kappa shape index (κ2) is 10.0. The van der Waals surface area contributed by atoms with E-state index in [1.807, 2.05) is 0 Å². The molecule has 0 aliphatic heterocycles. The topological polar surface area (TPSA) is 77.0 Å². The third-order valence-electron chi connectivity index (χ3n) is 3.97. The molecule has 6 nitrogen and oxygen atoms in total. The van der Waals surface area contributed by atoms with Gasteiger partial charge in [0.05, 0.1) is 23.9 Å². The average Bonchev–Trinajstić information content (AvgIpc) is 2.75. The van der Waals surface area contributed by atoms with Crippen molar-refractivity contribution in [3.05, 3.63) is 92.9 Å². The van der Waals surface area contributed by atoms with Gasteiger partial charge in [0.2, 0.25) is 0 Å². The van der Waals surface area contributed by atoms with Crippen molar-refractivity contribution in [1.29, 1.82) is 0 Å². The van der Waals surface area contributed by atoms with E-state index in [2.05, 4.69) is 26.5 Å². The highest BCUT2D eigenvalue weighted by Gasteiger charge is 2.14. The van der Waals surface area contributed by atoms with Crippen LogP contribution in [0.1, 0.15) is 26.3 Å². The third kappa shape index (κ3) is 5.46. The molecule has 1 N–H and O–H groups in total. The van der Waals surface area contributed by atoms with Crippen LogP contribution < -0.4 is 14.9 Å². The maximum Gasteiger partial charge on any atom is 0.345 e. The highest BCUT2D eigenvalue weighted by molar-refractivity contribution is 9.10. The summed E-state index contributed by atoms with van der Waals surface area (Å²) in [6.07, 6.45) is 1.39. The second-order valence-electron chi connectivity index (χ2n) is 5.98. The van der Waals surface area contributed by atoms with Gasteiger partial charge in [0.15, 0.2) is 0 Å². The Kier molecular flexibility index (Phi) is 7.21. The number of rotatable bonds is 6. The number of esters is 1. The van der Waals surface area contributed by atoms with E-state index in [9.17, 15) is 9.59 Å². The normalized spacial score (nSPS) is 10.6. The molecule has 0 aliphatic rings. The van der Waals surface area contributed by atoms with Crippen molar-refractivity contribution in [2.45, 2.75) is 0 Å². The number of nitrogens with zero attached hydrogens (tertiary/aromatic N) is 1. The molecule has 0 heterocycles. The average molecular weight is 488 g/mol. The van der Waals surface area contributed by atoms with Gasteiger partial charge in [-0.2, -0.15) is 5.10 Å². The predicted octanol–water partition coefficient (Wildman–Crippen LogP) is 5.09. The molecule has 30 heavy (non-hydrogen) atoms. The first-order valence-corrected chi connectivity index (χ1v) is 9.89. The number of methoxy groups -OCH3 is 1. The Labute approximate surface area is 186 Å². The fraction of sp³-hybridized carbons (Fsp3) is 0.0455. The van der Waals surface area contributed by atoms with Crippen LogP contribution in [0.2, 0.25) is 5.02 Å². The summed E-state index contributed by atoms with van der Waals surface area (Å²) in [7, 11) is 1.52. The van der Waals surface area contributed by atoms with Crippen molar-refractivity contribution in [2.75, 3.05) is 7.11 Å². The lowest BCUT2D eigenvalue weighted by molar-refractivity contribution is 0.0734. The maximum atomic E-state index is 12.5. The summed E-state index contributed by atoms with van der Waals surface area (Å²) in [5.41, 5.74) is 3.56. The van der Waals surface area contributed by atoms with Gasteiger partial charge in [-0.05, 0) is 48.5 Å². The Morgan fingerprint density at radius 2 is 1.87 bits per heavy atom. The molecule has 3 rings (SSSR count). The molecule has 0 unspecified atom stereocenters. The first kappa shape index (κ1) is 21.5. The largest absolute Gasteiger partial charge is 0.497 e. The van der Waals surface area contributed by atoms with Crippen LogP contribution in [-0.4, -0.2) is 25.2 Å². The van der Waals surface area contributed by atoms with Crippen molar-refractivity contribution >= 4 is 45.6 Å². The molecule has 3 aromatic rings. The Morgan fingerprint density at radius 1 is 1.07 bits per heavy atom. The summed E-state index contributed by atoms with van der Waals surface area (Å²) in [5.74, 6) is -0.178. The zero-order valence-corrected chi connectivity index (χ0v) is 18.1. The fourth-order valence-electron chi connectivity index (χ4n) is 2.48. The van der Waals surface area contributed by atoms with E-state index in [0.717, 1.165) is 4.47 Å². The van der Waals surface area contributed by atoms with Crippen LogP contribution in [0.25, 0.3) is 0 Å². The molecule has 0 fully saturated rings. The molecule has 8 heteroatoms. The monoisotopic (exact) mass is 486 g/mol. The van der Waals surface area contributed by atoms with Crippen molar-refractivity contribution in [1.82, 2.24) is 5.43 Å². The number of carbonyl (C=O) groups excluding carboxylic acids is 2. The van der Waals surface area contributed by atoms with E-state index in [1.165, 1.54) is 13.3 Å². The molecule has 0 bridgehead atoms. The van der Waals surface area contributed by atoms with Crippen LogP contribution in [0.3, 0.4) is 0 Å². The molecule has 1 amide bonds. The zero-order valence-electron chi connectivity index (χ0n) is 15.8. The molecule has 152 valence electrons. The molecule has 0 saturated heterocycles. The molecule has 0 atom stereocenters. The fourth-order valence-corrected chi connectivity index (χ4v) is 3.08. The van der Waals surface area contributed by atoms with E-state index >= 15 is 0 Å². The summed E-state index contributed by atoms with van der Waals surface area (Å²) in [6, 6.07) is 18.3. The van der Waals surface area contributed by atoms with E-state index in [0.29, 0.717) is 21.9 Å². The van der Waals surface area contributed by atoms with Gasteiger partial charge in [0, 0.05) is 15.6 Å². The minimum absolute atomic E-state index is 0.247. The van der Waals surface area contributed by atoms with Crippen molar-refractivity contribution in [3.63, 3.8) is 0 Å². The number of benzene rings is 3. The van der Waals surface area contributed by atoms with E-state index in [4.69, 9.17) is 21.1 Å². The van der Waals surface area contributed by atoms with Crippen molar-refractivity contribution < 1.29 is 19.1 Å². The highest BCUT2D eigenvalue weighted by Crippen LogP contribution is 2.24. The molecular formula is C22H16BrClN2O4. The number of ether oxygens (including phenoxy) is 2. The van der Waals surface area contributed by atoms with Gasteiger partial charge in [-0.1, -0.05) is 45.7 Å². The molecule has 0 spiro atoms. The lowest BCUT2D eigenvalue weighted by atomic mass is 10.2. The van der Waals surface area contributed by atoms with Crippen LogP contribution in [-0.2, 0) is 0 Å². The Bertz CT molecular complexity index is 1120. The maximum absolute atomic E-state index is 12.5. The number of halogens is 2. The van der Waals surface area contributed by atoms with Gasteiger partial charge in [-0.25, -0.2) is 10.2 Å². The SMILES string of the molecule is COc1cccc(C(=O)N/N=C\c2cc(Br)ccc2OC(=O)c2ccccc2Cl)c1. The van der Waals surface area contributed by atoms with Crippen molar-refractivity contribution in [3.8, 4) is 11.5 Å². The first-order valence-electron chi connectivity index (χ1n) is 8.71. The summed E-state index contributed by atoms with van der Waals surface area (Å²) in [4.78, 5) is 24.7. The first-order chi connectivity index (χ1) is 14.5. The summed E-state index contributed by atoms with van der Waals surface area (Å²) >= 11 is 9.43. The van der Waals surface area contributed by atoms with Gasteiger partial charge < -0.3 is 9.47 Å². The summed E-state index contributed by atoms with van der Waals surface area (Å²) in [6.45, 7) is 0. The molecule has 0 radical (unpaired) electrons. The van der Waals surface area contributed by atoms with Gasteiger partial charge >= 0.3 is 5.97 Å². The lowest BCUT2D eigenvalue weighted by Crippen LogP contribution is -2.17. The van der Waals surface area contributed by atoms with Crippen LogP contribution >= 0.6 is 27.5 Å². The predicted molar refractivity (Wildman–Crippen MR) is 119 cm³/mol. The van der Waals surface area contributed by atoms with Gasteiger partial charge in [-0.15, -0.1) is 0 Å². The number of carbonyl (C=O) groups is 2. The van der Waals surface area contributed by atoms with Crippen LogP contribution in [0.4, 0.5) is 0 Å². The Balaban J connectivity index is 1.75. The number of amides is 1. The number of hydrogen-bond donors (Lipinski definition) is 1. The lowest BCUT2D eigenvalue weighted by Gasteiger charge is -2.09. The van der Waals surface area contributed by atoms with Crippen LogP contribution in [0.5, 0.6) is 11.5 Å². The van der Waals surface area contributed by atoms with E-state index in [-0.39, 0.29) is 11.3 Å². The van der Waals surface area contributed by atoms with Gasteiger partial charge in [0.25, 0.3) is 5.91 Å². The smallest absolute Gasteiger partial charge is 0.345 e. The van der Waals surface area contributed by atoms with Gasteiger partial charge in [0.1, 0.15) is 11.5 Å². The number of hydrazone groups is 1.